The molecule has 5 nitrogen and oxygen atoms in total. The maximum absolute atomic E-state index is 5.93. The first-order valence-electron chi connectivity index (χ1n) is 9.08. The smallest absolute Gasteiger partial charge is 0.222 e. The summed E-state index contributed by atoms with van der Waals surface area (Å²) in [6, 6.07) is 8.42. The van der Waals surface area contributed by atoms with Gasteiger partial charge in [0, 0.05) is 43.7 Å². The molecule has 134 valence electrons. The molecule has 0 spiro atoms. The van der Waals surface area contributed by atoms with Crippen molar-refractivity contribution in [1.29, 1.82) is 0 Å². The molecule has 0 amide bonds. The number of nitrogens with zero attached hydrogens (tertiary/aromatic N) is 3. The summed E-state index contributed by atoms with van der Waals surface area (Å²) in [5.41, 5.74) is 10.3. The summed E-state index contributed by atoms with van der Waals surface area (Å²) in [6.07, 6.45) is 0. The number of likely N-dealkylation sites (tertiary alicyclic amines) is 1. The minimum atomic E-state index is 0.314. The van der Waals surface area contributed by atoms with Gasteiger partial charge in [-0.2, -0.15) is 4.98 Å². The molecule has 25 heavy (non-hydrogen) atoms. The van der Waals surface area contributed by atoms with Crippen molar-refractivity contribution in [1.82, 2.24) is 14.9 Å². The minimum Gasteiger partial charge on any atom is -0.370 e. The molecule has 0 unspecified atom stereocenters. The molecule has 3 rings (SSSR count). The summed E-state index contributed by atoms with van der Waals surface area (Å²) < 4.78 is 0. The predicted molar refractivity (Wildman–Crippen MR) is 105 cm³/mol. The van der Waals surface area contributed by atoms with Gasteiger partial charge in [0.15, 0.2) is 0 Å². The van der Waals surface area contributed by atoms with Crippen molar-refractivity contribution in [3.63, 3.8) is 0 Å². The first kappa shape index (κ1) is 17.7. The van der Waals surface area contributed by atoms with Crippen LogP contribution < -0.4 is 11.1 Å². The third kappa shape index (κ3) is 4.69. The molecule has 1 saturated heterocycles. The van der Waals surface area contributed by atoms with Gasteiger partial charge in [0.25, 0.3) is 0 Å². The third-order valence-electron chi connectivity index (χ3n) is 4.49. The number of anilines is 2. The van der Waals surface area contributed by atoms with Gasteiger partial charge >= 0.3 is 0 Å². The van der Waals surface area contributed by atoms with Crippen LogP contribution in [0.2, 0.25) is 0 Å². The summed E-state index contributed by atoms with van der Waals surface area (Å²) in [6.45, 7) is 13.2. The maximum atomic E-state index is 5.93. The number of aryl methyl sites for hydroxylation is 2. The van der Waals surface area contributed by atoms with E-state index in [1.165, 1.54) is 17.7 Å². The van der Waals surface area contributed by atoms with Crippen molar-refractivity contribution in [2.24, 2.45) is 11.8 Å². The molecule has 2 aromatic rings. The Bertz CT molecular complexity index is 715. The first-order chi connectivity index (χ1) is 11.9. The SMILES string of the molecule is Cc1cc(C)cc(-c2cc(NCC3CN(CC(C)C)C3)nc(N)n2)c1. The van der Waals surface area contributed by atoms with Crippen LogP contribution in [0.1, 0.15) is 25.0 Å². The number of nitrogens with two attached hydrogens (primary N) is 1. The van der Waals surface area contributed by atoms with Crippen molar-refractivity contribution in [3.8, 4) is 11.3 Å². The number of nitrogen functional groups attached to an aromatic ring is 1. The average molecular weight is 339 g/mol. The third-order valence-corrected chi connectivity index (χ3v) is 4.49. The van der Waals surface area contributed by atoms with E-state index in [9.17, 15) is 0 Å². The first-order valence-corrected chi connectivity index (χ1v) is 9.08. The Kier molecular flexibility index (Phi) is 5.23. The molecule has 0 radical (unpaired) electrons. The van der Waals surface area contributed by atoms with Crippen LogP contribution in [0.15, 0.2) is 24.3 Å². The second kappa shape index (κ2) is 7.40. The number of hydrogen-bond donors (Lipinski definition) is 2. The van der Waals surface area contributed by atoms with Crippen LogP contribution in [0, 0.1) is 25.7 Å². The Hall–Kier alpha value is -2.14. The number of hydrogen-bond acceptors (Lipinski definition) is 5. The fourth-order valence-corrected chi connectivity index (χ4v) is 3.55. The predicted octanol–water partition coefficient (Wildman–Crippen LogP) is 3.34. The zero-order chi connectivity index (χ0) is 18.0. The van der Waals surface area contributed by atoms with E-state index in [0.717, 1.165) is 42.6 Å². The van der Waals surface area contributed by atoms with Crippen LogP contribution >= 0.6 is 0 Å². The Balaban J connectivity index is 1.64. The van der Waals surface area contributed by atoms with Gasteiger partial charge in [0.2, 0.25) is 5.95 Å². The van der Waals surface area contributed by atoms with Gasteiger partial charge in [-0.05, 0) is 31.9 Å². The summed E-state index contributed by atoms with van der Waals surface area (Å²) in [5.74, 6) is 2.54. The van der Waals surface area contributed by atoms with E-state index < -0.39 is 0 Å². The molecule has 1 fully saturated rings. The molecule has 1 aromatic heterocycles. The van der Waals surface area contributed by atoms with Gasteiger partial charge < -0.3 is 16.0 Å². The lowest BCUT2D eigenvalue weighted by atomic mass is 9.98. The molecule has 0 bridgehead atoms. The van der Waals surface area contributed by atoms with E-state index in [4.69, 9.17) is 5.73 Å². The van der Waals surface area contributed by atoms with Gasteiger partial charge in [-0.15, -0.1) is 0 Å². The van der Waals surface area contributed by atoms with Crippen molar-refractivity contribution in [2.45, 2.75) is 27.7 Å². The lowest BCUT2D eigenvalue weighted by Gasteiger charge is -2.40. The van der Waals surface area contributed by atoms with E-state index in [1.807, 2.05) is 6.07 Å². The summed E-state index contributed by atoms with van der Waals surface area (Å²) in [7, 11) is 0. The van der Waals surface area contributed by atoms with Gasteiger partial charge in [0.1, 0.15) is 5.82 Å². The number of nitrogens with one attached hydrogen (secondary N) is 1. The van der Waals surface area contributed by atoms with Gasteiger partial charge in [-0.1, -0.05) is 31.0 Å². The Morgan fingerprint density at radius 3 is 2.44 bits per heavy atom. The minimum absolute atomic E-state index is 0.314. The van der Waals surface area contributed by atoms with E-state index >= 15 is 0 Å². The fourth-order valence-electron chi connectivity index (χ4n) is 3.55. The molecule has 5 heteroatoms. The summed E-state index contributed by atoms with van der Waals surface area (Å²) >= 11 is 0. The van der Waals surface area contributed by atoms with Gasteiger partial charge in [0.05, 0.1) is 5.69 Å². The number of rotatable bonds is 6. The lowest BCUT2D eigenvalue weighted by Crippen LogP contribution is -2.50. The topological polar surface area (TPSA) is 67.1 Å². The van der Waals surface area contributed by atoms with Crippen LogP contribution in [-0.4, -0.2) is 41.0 Å². The molecule has 1 aliphatic rings. The second-order valence-electron chi connectivity index (χ2n) is 7.73. The maximum Gasteiger partial charge on any atom is 0.222 e. The van der Waals surface area contributed by atoms with Crippen molar-refractivity contribution in [3.05, 3.63) is 35.4 Å². The highest BCUT2D eigenvalue weighted by Crippen LogP contribution is 2.24. The van der Waals surface area contributed by atoms with Crippen molar-refractivity contribution in [2.75, 3.05) is 37.2 Å². The molecular weight excluding hydrogens is 310 g/mol. The van der Waals surface area contributed by atoms with Crippen molar-refractivity contribution < 1.29 is 0 Å². The molecule has 3 N–H and O–H groups in total. The number of aromatic nitrogens is 2. The quantitative estimate of drug-likeness (QED) is 0.845. The van der Waals surface area contributed by atoms with E-state index in [-0.39, 0.29) is 0 Å². The van der Waals surface area contributed by atoms with Crippen molar-refractivity contribution >= 4 is 11.8 Å². The van der Waals surface area contributed by atoms with Crippen LogP contribution in [-0.2, 0) is 0 Å². The highest BCUT2D eigenvalue weighted by molar-refractivity contribution is 5.65. The Morgan fingerprint density at radius 1 is 1.12 bits per heavy atom. The van der Waals surface area contributed by atoms with E-state index in [2.05, 4.69) is 66.1 Å². The number of benzene rings is 1. The molecule has 0 aliphatic carbocycles. The Morgan fingerprint density at radius 2 is 1.80 bits per heavy atom. The van der Waals surface area contributed by atoms with Gasteiger partial charge in [-0.25, -0.2) is 4.98 Å². The van der Waals surface area contributed by atoms with E-state index in [1.54, 1.807) is 0 Å². The van der Waals surface area contributed by atoms with Crippen LogP contribution in [0.5, 0.6) is 0 Å². The summed E-state index contributed by atoms with van der Waals surface area (Å²) in [5, 5.41) is 3.44. The zero-order valence-electron chi connectivity index (χ0n) is 15.7. The van der Waals surface area contributed by atoms with Gasteiger partial charge in [-0.3, -0.25) is 0 Å². The van der Waals surface area contributed by atoms with Crippen LogP contribution in [0.3, 0.4) is 0 Å². The van der Waals surface area contributed by atoms with Crippen LogP contribution in [0.4, 0.5) is 11.8 Å². The molecular formula is C20H29N5. The average Bonchev–Trinajstić information content (AvgIpc) is 2.47. The molecule has 2 heterocycles. The summed E-state index contributed by atoms with van der Waals surface area (Å²) in [4.78, 5) is 11.3. The largest absolute Gasteiger partial charge is 0.370 e. The standard InChI is InChI=1S/C20H29N5/c1-13(2)10-25-11-16(12-25)9-22-19-8-18(23-20(21)24-19)17-6-14(3)5-15(4)7-17/h5-8,13,16H,9-12H2,1-4H3,(H3,21,22,23,24). The Labute approximate surface area is 150 Å². The second-order valence-corrected chi connectivity index (χ2v) is 7.73. The molecule has 1 aliphatic heterocycles. The molecule has 1 aromatic carbocycles. The highest BCUT2D eigenvalue weighted by atomic mass is 15.2. The normalized spacial score (nSPS) is 15.4. The fraction of sp³-hybridized carbons (Fsp3) is 0.500. The molecule has 0 saturated carbocycles. The lowest BCUT2D eigenvalue weighted by molar-refractivity contribution is 0.0949. The monoisotopic (exact) mass is 339 g/mol. The van der Waals surface area contributed by atoms with E-state index in [0.29, 0.717) is 11.9 Å². The zero-order valence-corrected chi connectivity index (χ0v) is 15.7. The highest BCUT2D eigenvalue weighted by Gasteiger charge is 2.26. The molecule has 0 atom stereocenters. The van der Waals surface area contributed by atoms with Crippen LogP contribution in [0.25, 0.3) is 11.3 Å².